The summed E-state index contributed by atoms with van der Waals surface area (Å²) in [5.41, 5.74) is 0. The number of sulfone groups is 1. The molecular formula is C17H20N4O5S2. The van der Waals surface area contributed by atoms with Crippen LogP contribution in [0.1, 0.15) is 24.5 Å². The quantitative estimate of drug-likeness (QED) is 0.552. The molecule has 11 heteroatoms. The van der Waals surface area contributed by atoms with Gasteiger partial charge in [-0.2, -0.15) is 5.26 Å². The molecule has 3 rings (SSSR count). The minimum Gasteiger partial charge on any atom is -0.467 e. The molecule has 0 spiro atoms. The molecule has 150 valence electrons. The Morgan fingerprint density at radius 1 is 1.43 bits per heavy atom. The molecule has 0 aromatic carbocycles. The fraction of sp³-hybridized carbons (Fsp3) is 0.529. The Kier molecular flexibility index (Phi) is 6.74. The van der Waals surface area contributed by atoms with Crippen molar-refractivity contribution in [3.63, 3.8) is 0 Å². The number of amides is 1. The van der Waals surface area contributed by atoms with Crippen molar-refractivity contribution in [3.8, 4) is 6.07 Å². The van der Waals surface area contributed by atoms with E-state index in [-0.39, 0.29) is 40.7 Å². The van der Waals surface area contributed by atoms with E-state index in [0.29, 0.717) is 37.6 Å². The third-order valence-electron chi connectivity index (χ3n) is 4.33. The highest BCUT2D eigenvalue weighted by Gasteiger charge is 2.29. The van der Waals surface area contributed by atoms with E-state index in [1.54, 1.807) is 17.0 Å². The van der Waals surface area contributed by atoms with Gasteiger partial charge in [-0.15, -0.1) is 10.2 Å². The number of thioether (sulfide) groups is 1. The fourth-order valence-electron chi connectivity index (χ4n) is 2.94. The lowest BCUT2D eigenvalue weighted by atomic mass is 10.1. The van der Waals surface area contributed by atoms with E-state index in [4.69, 9.17) is 14.1 Å². The van der Waals surface area contributed by atoms with Gasteiger partial charge in [0, 0.05) is 13.0 Å². The maximum absolute atomic E-state index is 12.5. The summed E-state index contributed by atoms with van der Waals surface area (Å²) in [7, 11) is -2.94. The molecule has 0 radical (unpaired) electrons. The van der Waals surface area contributed by atoms with E-state index in [1.807, 2.05) is 6.07 Å². The Labute approximate surface area is 167 Å². The number of hydrogen-bond donors (Lipinski definition) is 0. The fourth-order valence-corrected chi connectivity index (χ4v) is 5.49. The van der Waals surface area contributed by atoms with E-state index in [0.717, 1.165) is 11.8 Å². The van der Waals surface area contributed by atoms with Gasteiger partial charge in [-0.3, -0.25) is 4.79 Å². The van der Waals surface area contributed by atoms with Gasteiger partial charge in [0.1, 0.15) is 5.76 Å². The van der Waals surface area contributed by atoms with Gasteiger partial charge >= 0.3 is 0 Å². The van der Waals surface area contributed by atoms with Crippen molar-refractivity contribution < 1.29 is 22.0 Å². The van der Waals surface area contributed by atoms with Gasteiger partial charge in [0.25, 0.3) is 5.22 Å². The molecule has 0 saturated carbocycles. The average molecular weight is 425 g/mol. The predicted octanol–water partition coefficient (Wildman–Crippen LogP) is 1.67. The SMILES string of the molecule is N#CCCN(Cc1ccco1)C(=O)CSc1nnc(CC2CCS(=O)(=O)C2)o1. The van der Waals surface area contributed by atoms with Crippen molar-refractivity contribution in [1.82, 2.24) is 15.1 Å². The minimum absolute atomic E-state index is 0.000277. The topological polar surface area (TPSA) is 130 Å². The molecule has 0 bridgehead atoms. The highest BCUT2D eigenvalue weighted by Crippen LogP contribution is 2.24. The lowest BCUT2D eigenvalue weighted by Crippen LogP contribution is -2.32. The van der Waals surface area contributed by atoms with E-state index < -0.39 is 9.84 Å². The van der Waals surface area contributed by atoms with Crippen LogP contribution in [-0.2, 0) is 27.6 Å². The monoisotopic (exact) mass is 424 g/mol. The molecule has 0 aliphatic carbocycles. The van der Waals surface area contributed by atoms with Gasteiger partial charge in [0.05, 0.1) is 42.6 Å². The van der Waals surface area contributed by atoms with Gasteiger partial charge in [0.2, 0.25) is 11.8 Å². The average Bonchev–Trinajstić information content (AvgIpc) is 3.39. The molecule has 1 aliphatic rings. The van der Waals surface area contributed by atoms with Crippen molar-refractivity contribution in [2.75, 3.05) is 23.8 Å². The highest BCUT2D eigenvalue weighted by atomic mass is 32.2. The molecule has 9 nitrogen and oxygen atoms in total. The summed E-state index contributed by atoms with van der Waals surface area (Å²) >= 11 is 1.12. The molecule has 2 aromatic heterocycles. The minimum atomic E-state index is -2.94. The van der Waals surface area contributed by atoms with E-state index in [9.17, 15) is 13.2 Å². The molecule has 1 atom stereocenters. The molecule has 1 unspecified atom stereocenters. The maximum Gasteiger partial charge on any atom is 0.277 e. The lowest BCUT2D eigenvalue weighted by molar-refractivity contribution is -0.129. The van der Waals surface area contributed by atoms with Gasteiger partial charge in [-0.25, -0.2) is 8.42 Å². The van der Waals surface area contributed by atoms with E-state index in [2.05, 4.69) is 10.2 Å². The van der Waals surface area contributed by atoms with Crippen molar-refractivity contribution in [3.05, 3.63) is 30.0 Å². The number of hydrogen-bond acceptors (Lipinski definition) is 9. The van der Waals surface area contributed by atoms with Gasteiger partial charge in [-0.1, -0.05) is 11.8 Å². The van der Waals surface area contributed by atoms with Crippen LogP contribution in [0.4, 0.5) is 0 Å². The van der Waals surface area contributed by atoms with Crippen LogP contribution >= 0.6 is 11.8 Å². The Hall–Kier alpha value is -2.32. The summed E-state index contributed by atoms with van der Waals surface area (Å²) in [5, 5.41) is 16.9. The van der Waals surface area contributed by atoms with Crippen molar-refractivity contribution in [2.24, 2.45) is 5.92 Å². The second kappa shape index (κ2) is 9.25. The highest BCUT2D eigenvalue weighted by molar-refractivity contribution is 7.99. The lowest BCUT2D eigenvalue weighted by Gasteiger charge is -2.19. The number of rotatable bonds is 9. The molecule has 1 saturated heterocycles. The first-order chi connectivity index (χ1) is 13.4. The Morgan fingerprint density at radius 2 is 2.29 bits per heavy atom. The van der Waals surface area contributed by atoms with Crippen LogP contribution in [0.15, 0.2) is 32.5 Å². The third kappa shape index (κ3) is 5.84. The van der Waals surface area contributed by atoms with Gasteiger partial charge in [0.15, 0.2) is 9.84 Å². The first kappa shape index (κ1) is 20.4. The van der Waals surface area contributed by atoms with Gasteiger partial charge in [-0.05, 0) is 24.5 Å². The molecule has 3 heterocycles. The van der Waals surface area contributed by atoms with Crippen LogP contribution in [0.5, 0.6) is 0 Å². The molecule has 1 fully saturated rings. The second-order valence-electron chi connectivity index (χ2n) is 6.53. The Bertz CT molecular complexity index is 933. The van der Waals surface area contributed by atoms with Crippen molar-refractivity contribution >= 4 is 27.5 Å². The summed E-state index contributed by atoms with van der Waals surface area (Å²) in [4.78, 5) is 14.1. The number of carbonyl (C=O) groups excluding carboxylic acids is 1. The molecule has 28 heavy (non-hydrogen) atoms. The number of nitrogens with zero attached hydrogens (tertiary/aromatic N) is 4. The number of carbonyl (C=O) groups is 1. The van der Waals surface area contributed by atoms with Crippen LogP contribution in [0.2, 0.25) is 0 Å². The van der Waals surface area contributed by atoms with Crippen LogP contribution in [0.25, 0.3) is 0 Å². The van der Waals surface area contributed by atoms with Crippen LogP contribution in [-0.4, -0.2) is 53.2 Å². The van der Waals surface area contributed by atoms with Crippen LogP contribution < -0.4 is 0 Å². The molecule has 2 aromatic rings. The Balaban J connectivity index is 1.51. The van der Waals surface area contributed by atoms with E-state index in [1.165, 1.54) is 6.26 Å². The zero-order valence-corrected chi connectivity index (χ0v) is 16.7. The smallest absolute Gasteiger partial charge is 0.277 e. The van der Waals surface area contributed by atoms with E-state index >= 15 is 0 Å². The Morgan fingerprint density at radius 3 is 2.96 bits per heavy atom. The first-order valence-corrected chi connectivity index (χ1v) is 11.6. The van der Waals surface area contributed by atoms with Crippen molar-refractivity contribution in [2.45, 2.75) is 31.0 Å². The summed E-state index contributed by atoms with van der Waals surface area (Å²) in [6.07, 6.45) is 2.79. The molecule has 0 N–H and O–H groups in total. The normalized spacial score (nSPS) is 18.0. The van der Waals surface area contributed by atoms with Crippen LogP contribution in [0, 0.1) is 17.2 Å². The predicted molar refractivity (Wildman–Crippen MR) is 99.8 cm³/mol. The third-order valence-corrected chi connectivity index (χ3v) is 6.97. The molecule has 1 aliphatic heterocycles. The number of aromatic nitrogens is 2. The zero-order valence-electron chi connectivity index (χ0n) is 15.1. The number of nitriles is 1. The van der Waals surface area contributed by atoms with Crippen LogP contribution in [0.3, 0.4) is 0 Å². The summed E-state index contributed by atoms with van der Waals surface area (Å²) < 4.78 is 33.9. The second-order valence-corrected chi connectivity index (χ2v) is 9.68. The zero-order chi connectivity index (χ0) is 20.0. The van der Waals surface area contributed by atoms with Crippen molar-refractivity contribution in [1.29, 1.82) is 5.26 Å². The largest absolute Gasteiger partial charge is 0.467 e. The first-order valence-electron chi connectivity index (χ1n) is 8.78. The summed E-state index contributed by atoms with van der Waals surface area (Å²) in [6.45, 7) is 0.598. The number of furan rings is 1. The molecular weight excluding hydrogens is 404 g/mol. The summed E-state index contributed by atoms with van der Waals surface area (Å²) in [6, 6.07) is 5.55. The summed E-state index contributed by atoms with van der Waals surface area (Å²) in [5.74, 6) is 1.30. The maximum atomic E-state index is 12.5. The molecule has 1 amide bonds. The van der Waals surface area contributed by atoms with Gasteiger partial charge < -0.3 is 13.7 Å². The standard InChI is InChI=1S/C17H20N4O5S2/c18-5-2-6-21(10-14-3-1-7-25-14)16(22)11-27-17-20-19-15(26-17)9-13-4-8-28(23,24)12-13/h1,3,7,13H,2,4,6,8-12H2.